The average Bonchev–Trinajstić information content (AvgIpc) is 3.09. The Kier molecular flexibility index (Phi) is 4.42. The van der Waals surface area contributed by atoms with Crippen molar-refractivity contribution < 1.29 is 0 Å². The SMILES string of the molecule is CCC(c1nccs1)n1c(CCCl)nc2cc(Cl)cnc21. The molecule has 7 heteroatoms. The van der Waals surface area contributed by atoms with Gasteiger partial charge in [0.1, 0.15) is 16.3 Å². The number of imidazole rings is 1. The number of alkyl halides is 1. The molecular formula is C14H14Cl2N4S. The summed E-state index contributed by atoms with van der Waals surface area (Å²) >= 11 is 13.6. The van der Waals surface area contributed by atoms with Crippen LogP contribution in [0.3, 0.4) is 0 Å². The van der Waals surface area contributed by atoms with Crippen molar-refractivity contribution >= 4 is 45.7 Å². The molecule has 0 radical (unpaired) electrons. The van der Waals surface area contributed by atoms with Crippen LogP contribution < -0.4 is 0 Å². The maximum absolute atomic E-state index is 6.02. The summed E-state index contributed by atoms with van der Waals surface area (Å²) in [4.78, 5) is 13.6. The lowest BCUT2D eigenvalue weighted by atomic mass is 10.2. The third-order valence-corrected chi connectivity index (χ3v) is 4.60. The largest absolute Gasteiger partial charge is 0.303 e. The average molecular weight is 341 g/mol. The number of rotatable bonds is 5. The van der Waals surface area contributed by atoms with Crippen LogP contribution in [0.5, 0.6) is 0 Å². The standard InChI is InChI=1S/C14H14Cl2N4S/c1-2-11(14-17-5-6-21-14)20-12(3-4-15)19-10-7-9(16)8-18-13(10)20/h5-8,11H,2-4H2,1H3. The predicted molar refractivity (Wildman–Crippen MR) is 87.5 cm³/mol. The quantitative estimate of drug-likeness (QED) is 0.649. The predicted octanol–water partition coefficient (Wildman–Crippen LogP) is 4.32. The summed E-state index contributed by atoms with van der Waals surface area (Å²) in [6.07, 6.45) is 5.09. The maximum atomic E-state index is 6.02. The third-order valence-electron chi connectivity index (χ3n) is 3.32. The van der Waals surface area contributed by atoms with Crippen molar-refractivity contribution in [2.75, 3.05) is 5.88 Å². The Morgan fingerprint density at radius 3 is 2.90 bits per heavy atom. The molecule has 3 rings (SSSR count). The van der Waals surface area contributed by atoms with Crippen LogP contribution in [0, 0.1) is 0 Å². The van der Waals surface area contributed by atoms with E-state index in [0.717, 1.165) is 28.4 Å². The van der Waals surface area contributed by atoms with E-state index in [2.05, 4.69) is 26.4 Å². The molecule has 0 aliphatic heterocycles. The Morgan fingerprint density at radius 2 is 2.24 bits per heavy atom. The second-order valence-electron chi connectivity index (χ2n) is 4.63. The number of halogens is 2. The van der Waals surface area contributed by atoms with E-state index in [1.54, 1.807) is 17.5 Å². The molecule has 0 bridgehead atoms. The van der Waals surface area contributed by atoms with Gasteiger partial charge < -0.3 is 4.57 Å². The molecular weight excluding hydrogens is 327 g/mol. The van der Waals surface area contributed by atoms with Crippen molar-refractivity contribution in [3.05, 3.63) is 39.7 Å². The van der Waals surface area contributed by atoms with Crippen molar-refractivity contribution in [3.8, 4) is 0 Å². The van der Waals surface area contributed by atoms with Crippen LogP contribution in [0.25, 0.3) is 11.2 Å². The highest BCUT2D eigenvalue weighted by Gasteiger charge is 2.22. The van der Waals surface area contributed by atoms with Crippen molar-refractivity contribution in [3.63, 3.8) is 0 Å². The number of aromatic nitrogens is 4. The summed E-state index contributed by atoms with van der Waals surface area (Å²) in [5, 5.41) is 3.64. The topological polar surface area (TPSA) is 43.6 Å². The van der Waals surface area contributed by atoms with Gasteiger partial charge in [-0.05, 0) is 12.5 Å². The molecule has 3 heterocycles. The molecule has 0 amide bonds. The molecule has 0 N–H and O–H groups in total. The number of hydrogen-bond acceptors (Lipinski definition) is 4. The Labute approximate surface area is 136 Å². The van der Waals surface area contributed by atoms with Crippen LogP contribution in [0.2, 0.25) is 5.02 Å². The molecule has 0 aliphatic rings. The normalized spacial score (nSPS) is 12.9. The minimum Gasteiger partial charge on any atom is -0.303 e. The molecule has 0 spiro atoms. The van der Waals surface area contributed by atoms with Crippen molar-refractivity contribution in [2.45, 2.75) is 25.8 Å². The fourth-order valence-corrected chi connectivity index (χ4v) is 3.59. The molecule has 4 nitrogen and oxygen atoms in total. The van der Waals surface area contributed by atoms with Crippen molar-refractivity contribution in [2.24, 2.45) is 0 Å². The third kappa shape index (κ3) is 2.78. The van der Waals surface area contributed by atoms with E-state index in [9.17, 15) is 0 Å². The van der Waals surface area contributed by atoms with Gasteiger partial charge in [0.25, 0.3) is 0 Å². The molecule has 0 aliphatic carbocycles. The van der Waals surface area contributed by atoms with Gasteiger partial charge in [-0.2, -0.15) is 0 Å². The van der Waals surface area contributed by atoms with Crippen LogP contribution in [0.15, 0.2) is 23.8 Å². The summed E-state index contributed by atoms with van der Waals surface area (Å²) in [6, 6.07) is 1.97. The highest BCUT2D eigenvalue weighted by molar-refractivity contribution is 7.09. The van der Waals surface area contributed by atoms with Gasteiger partial charge in [0.2, 0.25) is 0 Å². The first-order valence-corrected chi connectivity index (χ1v) is 8.51. The molecule has 21 heavy (non-hydrogen) atoms. The van der Waals surface area contributed by atoms with Crippen LogP contribution in [0.4, 0.5) is 0 Å². The highest BCUT2D eigenvalue weighted by Crippen LogP contribution is 2.30. The monoisotopic (exact) mass is 340 g/mol. The zero-order valence-corrected chi connectivity index (χ0v) is 13.8. The zero-order chi connectivity index (χ0) is 14.8. The van der Waals surface area contributed by atoms with Gasteiger partial charge in [-0.3, -0.25) is 0 Å². The molecule has 1 atom stereocenters. The maximum Gasteiger partial charge on any atom is 0.160 e. The lowest BCUT2D eigenvalue weighted by Gasteiger charge is -2.17. The van der Waals surface area contributed by atoms with E-state index in [4.69, 9.17) is 23.2 Å². The van der Waals surface area contributed by atoms with E-state index < -0.39 is 0 Å². The fourth-order valence-electron chi connectivity index (χ4n) is 2.46. The summed E-state index contributed by atoms with van der Waals surface area (Å²) in [5.74, 6) is 1.45. The van der Waals surface area contributed by atoms with Gasteiger partial charge in [-0.15, -0.1) is 22.9 Å². The lowest BCUT2D eigenvalue weighted by Crippen LogP contribution is -2.14. The number of pyridine rings is 1. The Balaban J connectivity index is 2.20. The summed E-state index contributed by atoms with van der Waals surface area (Å²) < 4.78 is 2.15. The Hall–Kier alpha value is -1.17. The van der Waals surface area contributed by atoms with Crippen LogP contribution in [-0.2, 0) is 6.42 Å². The van der Waals surface area contributed by atoms with Gasteiger partial charge in [-0.1, -0.05) is 18.5 Å². The van der Waals surface area contributed by atoms with Crippen LogP contribution in [-0.4, -0.2) is 25.4 Å². The number of aryl methyl sites for hydroxylation is 1. The van der Waals surface area contributed by atoms with Gasteiger partial charge in [-0.25, -0.2) is 15.0 Å². The number of fused-ring (bicyclic) bond motifs is 1. The Morgan fingerprint density at radius 1 is 1.38 bits per heavy atom. The number of thiazole rings is 1. The molecule has 3 aromatic heterocycles. The van der Waals surface area contributed by atoms with E-state index >= 15 is 0 Å². The van der Waals surface area contributed by atoms with Crippen molar-refractivity contribution in [1.82, 2.24) is 19.5 Å². The molecule has 3 aromatic rings. The number of hydrogen-bond donors (Lipinski definition) is 0. The first kappa shape index (κ1) is 14.8. The zero-order valence-electron chi connectivity index (χ0n) is 11.5. The lowest BCUT2D eigenvalue weighted by molar-refractivity contribution is 0.552. The summed E-state index contributed by atoms with van der Waals surface area (Å²) in [6.45, 7) is 2.14. The number of nitrogens with zero attached hydrogens (tertiary/aromatic N) is 4. The molecule has 0 saturated carbocycles. The second kappa shape index (κ2) is 6.30. The van der Waals surface area contributed by atoms with E-state index in [0.29, 0.717) is 17.3 Å². The smallest absolute Gasteiger partial charge is 0.160 e. The molecule has 0 fully saturated rings. The highest BCUT2D eigenvalue weighted by atomic mass is 35.5. The minimum atomic E-state index is 0.127. The van der Waals surface area contributed by atoms with Gasteiger partial charge in [0.15, 0.2) is 5.65 Å². The molecule has 0 aromatic carbocycles. The van der Waals surface area contributed by atoms with Crippen LogP contribution in [0.1, 0.15) is 30.2 Å². The van der Waals surface area contributed by atoms with E-state index in [1.807, 2.05) is 17.6 Å². The summed E-state index contributed by atoms with van der Waals surface area (Å²) in [7, 11) is 0. The molecule has 0 saturated heterocycles. The molecule has 110 valence electrons. The van der Waals surface area contributed by atoms with Gasteiger partial charge >= 0.3 is 0 Å². The molecule has 1 unspecified atom stereocenters. The van der Waals surface area contributed by atoms with Crippen molar-refractivity contribution in [1.29, 1.82) is 0 Å². The van der Waals surface area contributed by atoms with Gasteiger partial charge in [0, 0.05) is 30.1 Å². The second-order valence-corrected chi connectivity index (χ2v) is 6.37. The van der Waals surface area contributed by atoms with Crippen LogP contribution >= 0.6 is 34.5 Å². The van der Waals surface area contributed by atoms with E-state index in [1.165, 1.54) is 0 Å². The van der Waals surface area contributed by atoms with E-state index in [-0.39, 0.29) is 6.04 Å². The minimum absolute atomic E-state index is 0.127. The Bertz CT molecular complexity index is 739. The van der Waals surface area contributed by atoms with Gasteiger partial charge in [0.05, 0.1) is 11.1 Å². The fraction of sp³-hybridized carbons (Fsp3) is 0.357. The first-order valence-electron chi connectivity index (χ1n) is 6.72. The first-order chi connectivity index (χ1) is 10.2. The summed E-state index contributed by atoms with van der Waals surface area (Å²) in [5.41, 5.74) is 1.64.